The summed E-state index contributed by atoms with van der Waals surface area (Å²) in [4.78, 5) is 37.4. The van der Waals surface area contributed by atoms with Crippen LogP contribution in [0.3, 0.4) is 0 Å². The Morgan fingerprint density at radius 3 is 2.12 bits per heavy atom. The van der Waals surface area contributed by atoms with Crippen molar-refractivity contribution < 1.29 is 19.1 Å². The predicted octanol–water partition coefficient (Wildman–Crippen LogP) is 1.62. The van der Waals surface area contributed by atoms with E-state index >= 15 is 0 Å². The van der Waals surface area contributed by atoms with Crippen molar-refractivity contribution in [3.05, 3.63) is 35.4 Å². The van der Waals surface area contributed by atoms with Gasteiger partial charge in [0.15, 0.2) is 0 Å². The Morgan fingerprint density at radius 2 is 1.62 bits per heavy atom. The summed E-state index contributed by atoms with van der Waals surface area (Å²) in [5, 5.41) is 0.905. The van der Waals surface area contributed by atoms with Gasteiger partial charge in [0.25, 0.3) is 17.7 Å². The number of imide groups is 1. The fraction of sp³-hybridized carbons (Fsp3) is 0.500. The minimum absolute atomic E-state index is 0.177. The number of carbonyl (C=O) groups is 3. The molecule has 24 heavy (non-hydrogen) atoms. The third kappa shape index (κ3) is 2.17. The minimum Gasteiger partial charge on any atom is -0.373 e. The molecule has 6 nitrogen and oxygen atoms in total. The van der Waals surface area contributed by atoms with Gasteiger partial charge in [0.05, 0.1) is 24.0 Å². The third-order valence-corrected chi connectivity index (χ3v) is 5.34. The van der Waals surface area contributed by atoms with Gasteiger partial charge in [0, 0.05) is 5.56 Å². The number of rotatable bonds is 3. The molecular formula is C18H20N2O4. The zero-order valence-corrected chi connectivity index (χ0v) is 13.7. The van der Waals surface area contributed by atoms with Gasteiger partial charge in [-0.1, -0.05) is 26.0 Å². The standard InChI is InChI=1S/C18H20N2O4/c1-9(2)10-3-5-11(6-4-10)16(21)19-20-17(22)14-12-7-8-13(24-12)15(14)18(20)23/h3-6,9,12-15H,7-8H2,1-2H3,(H,19,21). The summed E-state index contributed by atoms with van der Waals surface area (Å²) < 4.78 is 5.67. The lowest BCUT2D eigenvalue weighted by Gasteiger charge is -2.18. The Balaban J connectivity index is 1.50. The van der Waals surface area contributed by atoms with E-state index in [2.05, 4.69) is 19.3 Å². The smallest absolute Gasteiger partial charge is 0.270 e. The summed E-state index contributed by atoms with van der Waals surface area (Å²) >= 11 is 0. The van der Waals surface area contributed by atoms with Crippen LogP contribution in [-0.2, 0) is 14.3 Å². The molecule has 6 heteroatoms. The second kappa shape index (κ2) is 5.41. The van der Waals surface area contributed by atoms with E-state index in [4.69, 9.17) is 4.74 Å². The Labute approximate surface area is 140 Å². The topological polar surface area (TPSA) is 75.7 Å². The van der Waals surface area contributed by atoms with Gasteiger partial charge in [-0.25, -0.2) is 0 Å². The van der Waals surface area contributed by atoms with E-state index in [1.54, 1.807) is 12.1 Å². The molecule has 0 spiro atoms. The van der Waals surface area contributed by atoms with Crippen molar-refractivity contribution in [1.82, 2.24) is 10.4 Å². The van der Waals surface area contributed by atoms with Crippen LogP contribution in [0, 0.1) is 11.8 Å². The molecule has 4 rings (SSSR count). The molecule has 0 saturated carbocycles. The molecule has 2 bridgehead atoms. The van der Waals surface area contributed by atoms with Gasteiger partial charge >= 0.3 is 0 Å². The molecule has 126 valence electrons. The predicted molar refractivity (Wildman–Crippen MR) is 84.7 cm³/mol. The van der Waals surface area contributed by atoms with Crippen molar-refractivity contribution in [3.8, 4) is 0 Å². The van der Waals surface area contributed by atoms with Gasteiger partial charge in [-0.15, -0.1) is 0 Å². The highest BCUT2D eigenvalue weighted by Crippen LogP contribution is 2.48. The number of hydrogen-bond donors (Lipinski definition) is 1. The first-order valence-electron chi connectivity index (χ1n) is 8.41. The van der Waals surface area contributed by atoms with E-state index in [1.807, 2.05) is 12.1 Å². The number of ether oxygens (including phenoxy) is 1. The largest absolute Gasteiger partial charge is 0.373 e. The van der Waals surface area contributed by atoms with Crippen LogP contribution >= 0.6 is 0 Å². The van der Waals surface area contributed by atoms with Crippen molar-refractivity contribution in [2.45, 2.75) is 44.8 Å². The van der Waals surface area contributed by atoms with Crippen molar-refractivity contribution in [2.24, 2.45) is 11.8 Å². The zero-order valence-electron chi connectivity index (χ0n) is 13.7. The van der Waals surface area contributed by atoms with Crippen LogP contribution in [0.5, 0.6) is 0 Å². The van der Waals surface area contributed by atoms with Crippen LogP contribution in [0.25, 0.3) is 0 Å². The van der Waals surface area contributed by atoms with Gasteiger partial charge in [-0.05, 0) is 36.5 Å². The molecule has 3 aliphatic heterocycles. The normalized spacial score (nSPS) is 31.0. The summed E-state index contributed by atoms with van der Waals surface area (Å²) in [5.41, 5.74) is 4.04. The highest BCUT2D eigenvalue weighted by atomic mass is 16.5. The highest BCUT2D eigenvalue weighted by molar-refractivity contribution is 6.08. The number of nitrogens with zero attached hydrogens (tertiary/aromatic N) is 1. The van der Waals surface area contributed by atoms with E-state index in [1.165, 1.54) is 0 Å². The second-order valence-corrected chi connectivity index (χ2v) is 7.07. The van der Waals surface area contributed by atoms with Crippen LogP contribution < -0.4 is 5.43 Å². The van der Waals surface area contributed by atoms with Gasteiger partial charge in [-0.2, -0.15) is 5.01 Å². The lowest BCUT2D eigenvalue weighted by molar-refractivity contribution is -0.145. The van der Waals surface area contributed by atoms with Crippen LogP contribution in [0.1, 0.15) is 48.5 Å². The summed E-state index contributed by atoms with van der Waals surface area (Å²) in [6.07, 6.45) is 1.26. The second-order valence-electron chi connectivity index (χ2n) is 7.07. The summed E-state index contributed by atoms with van der Waals surface area (Å²) in [6, 6.07) is 7.19. The molecule has 0 aliphatic carbocycles. The summed E-state index contributed by atoms with van der Waals surface area (Å²) in [6.45, 7) is 4.15. The van der Waals surface area contributed by atoms with E-state index in [0.29, 0.717) is 11.5 Å². The fourth-order valence-corrected chi connectivity index (χ4v) is 4.01. The van der Waals surface area contributed by atoms with Crippen molar-refractivity contribution in [2.75, 3.05) is 0 Å². The monoisotopic (exact) mass is 328 g/mol. The van der Waals surface area contributed by atoms with Crippen LogP contribution in [-0.4, -0.2) is 34.9 Å². The van der Waals surface area contributed by atoms with Crippen molar-refractivity contribution >= 4 is 17.7 Å². The maximum Gasteiger partial charge on any atom is 0.270 e. The molecule has 4 atom stereocenters. The number of nitrogens with one attached hydrogen (secondary N) is 1. The van der Waals surface area contributed by atoms with Gasteiger partial charge in [0.1, 0.15) is 0 Å². The maximum absolute atomic E-state index is 12.5. The number of amides is 3. The number of hydrogen-bond acceptors (Lipinski definition) is 4. The SMILES string of the molecule is CC(C)c1ccc(C(=O)NN2C(=O)C3C4CCC(O4)C3C2=O)cc1. The molecule has 3 heterocycles. The average molecular weight is 328 g/mol. The molecule has 1 aromatic carbocycles. The molecule has 0 radical (unpaired) electrons. The van der Waals surface area contributed by atoms with E-state index in [-0.39, 0.29) is 24.0 Å². The van der Waals surface area contributed by atoms with Crippen molar-refractivity contribution in [3.63, 3.8) is 0 Å². The summed E-state index contributed by atoms with van der Waals surface area (Å²) in [5.74, 6) is -1.62. The molecule has 1 aromatic rings. The minimum atomic E-state index is -0.444. The zero-order chi connectivity index (χ0) is 17.0. The quantitative estimate of drug-likeness (QED) is 0.856. The number of hydrazine groups is 1. The van der Waals surface area contributed by atoms with Crippen molar-refractivity contribution in [1.29, 1.82) is 0 Å². The first kappa shape index (κ1) is 15.3. The van der Waals surface area contributed by atoms with E-state index < -0.39 is 17.7 Å². The van der Waals surface area contributed by atoms with Gasteiger partial charge in [0.2, 0.25) is 0 Å². The van der Waals surface area contributed by atoms with E-state index in [9.17, 15) is 14.4 Å². The van der Waals surface area contributed by atoms with Crippen LogP contribution in [0.15, 0.2) is 24.3 Å². The Hall–Kier alpha value is -2.21. The maximum atomic E-state index is 12.5. The van der Waals surface area contributed by atoms with Crippen LogP contribution in [0.4, 0.5) is 0 Å². The molecule has 1 N–H and O–H groups in total. The Kier molecular flexibility index (Phi) is 3.46. The molecule has 3 saturated heterocycles. The highest BCUT2D eigenvalue weighted by Gasteiger charge is 2.62. The Bertz CT molecular complexity index is 684. The number of carbonyl (C=O) groups excluding carboxylic acids is 3. The number of fused-ring (bicyclic) bond motifs is 5. The first-order valence-corrected chi connectivity index (χ1v) is 8.41. The molecular weight excluding hydrogens is 308 g/mol. The number of benzene rings is 1. The lowest BCUT2D eigenvalue weighted by Crippen LogP contribution is -2.47. The lowest BCUT2D eigenvalue weighted by atomic mass is 9.81. The molecule has 4 unspecified atom stereocenters. The molecule has 3 aliphatic rings. The fourth-order valence-electron chi connectivity index (χ4n) is 4.01. The third-order valence-electron chi connectivity index (χ3n) is 5.34. The first-order chi connectivity index (χ1) is 11.5. The molecule has 3 amide bonds. The van der Waals surface area contributed by atoms with Crippen LogP contribution in [0.2, 0.25) is 0 Å². The Morgan fingerprint density at radius 1 is 1.08 bits per heavy atom. The van der Waals surface area contributed by atoms with E-state index in [0.717, 1.165) is 23.4 Å². The molecule has 3 fully saturated rings. The van der Waals surface area contributed by atoms with Gasteiger partial charge < -0.3 is 4.74 Å². The van der Waals surface area contributed by atoms with Gasteiger partial charge in [-0.3, -0.25) is 19.8 Å². The average Bonchev–Trinajstić information content (AvgIpc) is 3.24. The summed E-state index contributed by atoms with van der Waals surface area (Å²) in [7, 11) is 0. The molecule has 0 aromatic heterocycles.